The average Bonchev–Trinajstić information content (AvgIpc) is 2.83. The maximum absolute atomic E-state index is 12.4. The average molecular weight is 334 g/mol. The van der Waals surface area contributed by atoms with Crippen molar-refractivity contribution >= 4 is 11.7 Å². The van der Waals surface area contributed by atoms with Gasteiger partial charge in [-0.25, -0.2) is 4.79 Å². The molecule has 6 nitrogen and oxygen atoms in total. The quantitative estimate of drug-likeness (QED) is 0.921. The van der Waals surface area contributed by atoms with Gasteiger partial charge in [0, 0.05) is 12.7 Å². The summed E-state index contributed by atoms with van der Waals surface area (Å²) in [6.45, 7) is 4.32. The molecule has 0 radical (unpaired) electrons. The second-order valence-corrected chi connectivity index (χ2v) is 6.02. The molecule has 0 bridgehead atoms. The van der Waals surface area contributed by atoms with E-state index in [1.165, 1.54) is 12.4 Å². The van der Waals surface area contributed by atoms with Crippen LogP contribution in [0.4, 0.5) is 23.7 Å². The molecule has 2 rings (SSSR count). The van der Waals surface area contributed by atoms with Crippen LogP contribution in [0.25, 0.3) is 0 Å². The molecule has 0 spiro atoms. The highest BCUT2D eigenvalue weighted by Crippen LogP contribution is 2.19. The number of alkyl halides is 3. The van der Waals surface area contributed by atoms with E-state index in [-0.39, 0.29) is 17.8 Å². The Bertz CT molecular complexity index is 530. The van der Waals surface area contributed by atoms with E-state index in [4.69, 9.17) is 4.74 Å². The van der Waals surface area contributed by atoms with E-state index in [1.807, 2.05) is 0 Å². The first kappa shape index (κ1) is 17.6. The highest BCUT2D eigenvalue weighted by molar-refractivity contribution is 5.89. The number of aromatic nitrogens is 2. The number of halogens is 3. The number of nitrogens with zero attached hydrogens (tertiary/aromatic N) is 3. The Labute approximate surface area is 132 Å². The molecule has 23 heavy (non-hydrogen) atoms. The van der Waals surface area contributed by atoms with Crippen molar-refractivity contribution in [1.29, 1.82) is 0 Å². The number of urea groups is 1. The van der Waals surface area contributed by atoms with E-state index in [0.29, 0.717) is 25.7 Å². The summed E-state index contributed by atoms with van der Waals surface area (Å²) in [4.78, 5) is 14.0. The first-order chi connectivity index (χ1) is 10.7. The molecule has 2 heterocycles. The molecule has 1 aromatic rings. The molecular formula is C14H21F3N4O2. The van der Waals surface area contributed by atoms with Gasteiger partial charge in [-0.3, -0.25) is 4.68 Å². The number of ether oxygens (including phenoxy) is 1. The van der Waals surface area contributed by atoms with Crippen LogP contribution in [0.15, 0.2) is 12.4 Å². The van der Waals surface area contributed by atoms with Gasteiger partial charge in [0.05, 0.1) is 31.1 Å². The fourth-order valence-electron chi connectivity index (χ4n) is 2.56. The fourth-order valence-corrected chi connectivity index (χ4v) is 2.56. The van der Waals surface area contributed by atoms with Crippen LogP contribution in [-0.2, 0) is 11.3 Å². The molecule has 0 aromatic carbocycles. The summed E-state index contributed by atoms with van der Waals surface area (Å²) >= 11 is 0. The lowest BCUT2D eigenvalue weighted by Gasteiger charge is -2.36. The molecule has 0 unspecified atom stereocenters. The number of morpholine rings is 1. The molecule has 1 aliphatic rings. The van der Waals surface area contributed by atoms with Gasteiger partial charge in [-0.1, -0.05) is 13.8 Å². The molecular weight excluding hydrogens is 313 g/mol. The lowest BCUT2D eigenvalue weighted by molar-refractivity contribution is -0.142. The van der Waals surface area contributed by atoms with Crippen molar-refractivity contribution in [2.75, 3.05) is 25.1 Å². The van der Waals surface area contributed by atoms with Crippen molar-refractivity contribution in [2.24, 2.45) is 5.92 Å². The minimum atomic E-state index is -4.35. The van der Waals surface area contributed by atoms with Crippen molar-refractivity contribution in [3.63, 3.8) is 0 Å². The van der Waals surface area contributed by atoms with E-state index in [0.717, 1.165) is 11.1 Å². The van der Waals surface area contributed by atoms with Crippen LogP contribution in [0.5, 0.6) is 0 Å². The Kier molecular flexibility index (Phi) is 5.51. The van der Waals surface area contributed by atoms with Crippen molar-refractivity contribution in [1.82, 2.24) is 14.7 Å². The molecule has 130 valence electrons. The predicted molar refractivity (Wildman–Crippen MR) is 78.1 cm³/mol. The molecule has 1 saturated heterocycles. The van der Waals surface area contributed by atoms with Gasteiger partial charge in [0.25, 0.3) is 0 Å². The molecule has 0 aliphatic carbocycles. The first-order valence-corrected chi connectivity index (χ1v) is 7.49. The molecule has 9 heteroatoms. The lowest BCUT2D eigenvalue weighted by Crippen LogP contribution is -2.50. The summed E-state index contributed by atoms with van der Waals surface area (Å²) in [5.74, 6) is 0.409. The Balaban J connectivity index is 1.97. The van der Waals surface area contributed by atoms with E-state index in [2.05, 4.69) is 24.3 Å². The fraction of sp³-hybridized carbons (Fsp3) is 0.714. The van der Waals surface area contributed by atoms with Gasteiger partial charge in [-0.2, -0.15) is 18.3 Å². The van der Waals surface area contributed by atoms with Crippen molar-refractivity contribution in [3.8, 4) is 0 Å². The van der Waals surface area contributed by atoms with Crippen LogP contribution in [0.2, 0.25) is 0 Å². The summed E-state index contributed by atoms with van der Waals surface area (Å²) < 4.78 is 43.1. The van der Waals surface area contributed by atoms with Gasteiger partial charge < -0.3 is 15.0 Å². The van der Waals surface area contributed by atoms with Crippen LogP contribution in [0, 0.1) is 5.92 Å². The number of hydrogen-bond donors (Lipinski definition) is 1. The summed E-state index contributed by atoms with van der Waals surface area (Å²) in [5, 5.41) is 6.21. The summed E-state index contributed by atoms with van der Waals surface area (Å²) in [7, 11) is 0. The molecule has 1 atom stereocenters. The van der Waals surface area contributed by atoms with E-state index >= 15 is 0 Å². The highest BCUT2D eigenvalue weighted by atomic mass is 19.4. The van der Waals surface area contributed by atoms with Gasteiger partial charge in [0.1, 0.15) is 6.54 Å². The van der Waals surface area contributed by atoms with Crippen molar-refractivity contribution in [2.45, 2.75) is 39.0 Å². The third kappa shape index (κ3) is 5.42. The van der Waals surface area contributed by atoms with Crippen LogP contribution < -0.4 is 5.32 Å². The van der Waals surface area contributed by atoms with Crippen LogP contribution in [-0.4, -0.2) is 52.7 Å². The minimum absolute atomic E-state index is 0.0334. The zero-order valence-corrected chi connectivity index (χ0v) is 13.1. The monoisotopic (exact) mass is 334 g/mol. The van der Waals surface area contributed by atoms with Gasteiger partial charge in [0.2, 0.25) is 0 Å². The number of amides is 2. The highest BCUT2D eigenvalue weighted by Gasteiger charge is 2.30. The predicted octanol–water partition coefficient (Wildman–Crippen LogP) is 2.72. The molecule has 1 fully saturated rings. The van der Waals surface area contributed by atoms with E-state index in [1.54, 1.807) is 4.90 Å². The van der Waals surface area contributed by atoms with Crippen molar-refractivity contribution < 1.29 is 22.7 Å². The maximum Gasteiger partial charge on any atom is 0.408 e. The zero-order chi connectivity index (χ0) is 17.0. The Morgan fingerprint density at radius 2 is 2.26 bits per heavy atom. The molecule has 2 amide bonds. The van der Waals surface area contributed by atoms with Crippen molar-refractivity contribution in [3.05, 3.63) is 12.4 Å². The maximum atomic E-state index is 12.4. The molecule has 0 saturated carbocycles. The smallest absolute Gasteiger partial charge is 0.377 e. The van der Waals surface area contributed by atoms with Gasteiger partial charge >= 0.3 is 12.2 Å². The summed E-state index contributed by atoms with van der Waals surface area (Å²) in [5.41, 5.74) is 0.244. The van der Waals surface area contributed by atoms with E-state index < -0.39 is 12.7 Å². The molecule has 1 aliphatic heterocycles. The topological polar surface area (TPSA) is 59.4 Å². The first-order valence-electron chi connectivity index (χ1n) is 7.49. The Morgan fingerprint density at radius 1 is 1.52 bits per heavy atom. The Morgan fingerprint density at radius 3 is 2.91 bits per heavy atom. The van der Waals surface area contributed by atoms with Crippen LogP contribution >= 0.6 is 0 Å². The van der Waals surface area contributed by atoms with Crippen LogP contribution in [0.3, 0.4) is 0 Å². The number of rotatable bonds is 4. The SMILES string of the molecule is CC(C)C[C@H]1COCCN1C(=O)Nc1cnn(CC(F)(F)F)c1. The van der Waals surface area contributed by atoms with Gasteiger partial charge in [0.15, 0.2) is 0 Å². The van der Waals surface area contributed by atoms with Crippen LogP contribution in [0.1, 0.15) is 20.3 Å². The van der Waals surface area contributed by atoms with Gasteiger partial charge in [-0.15, -0.1) is 0 Å². The Hall–Kier alpha value is -1.77. The number of anilines is 1. The summed E-state index contributed by atoms with van der Waals surface area (Å²) in [6.07, 6.45) is -1.16. The molecule has 1 N–H and O–H groups in total. The normalized spacial score (nSPS) is 19.2. The van der Waals surface area contributed by atoms with Gasteiger partial charge in [-0.05, 0) is 12.3 Å². The standard InChI is InChI=1S/C14H21F3N4O2/c1-10(2)5-12-8-23-4-3-21(12)13(22)19-11-6-18-20(7-11)9-14(15,16)17/h6-7,10,12H,3-5,8-9H2,1-2H3,(H,19,22)/t12-/m0/s1. The second kappa shape index (κ2) is 7.20. The number of hydrogen-bond acceptors (Lipinski definition) is 3. The minimum Gasteiger partial charge on any atom is -0.377 e. The molecule has 1 aromatic heterocycles. The lowest BCUT2D eigenvalue weighted by atomic mass is 10.0. The number of carbonyl (C=O) groups excluding carboxylic acids is 1. The summed E-state index contributed by atoms with van der Waals surface area (Å²) in [6, 6.07) is -0.375. The third-order valence-corrected chi connectivity index (χ3v) is 3.46. The third-order valence-electron chi connectivity index (χ3n) is 3.46. The number of carbonyl (C=O) groups is 1. The largest absolute Gasteiger partial charge is 0.408 e. The number of nitrogens with one attached hydrogen (secondary N) is 1. The van der Waals surface area contributed by atoms with E-state index in [9.17, 15) is 18.0 Å². The second-order valence-electron chi connectivity index (χ2n) is 6.02. The zero-order valence-electron chi connectivity index (χ0n) is 13.1.